The lowest BCUT2D eigenvalue weighted by molar-refractivity contribution is 0.0602. The smallest absolute Gasteiger partial charge is 0.338 e. The normalized spacial score (nSPS) is 10.3. The van der Waals surface area contributed by atoms with Crippen LogP contribution in [0.2, 0.25) is 0 Å². The molecular formula is C11H11NO3. The van der Waals surface area contributed by atoms with E-state index in [0.717, 1.165) is 10.9 Å². The maximum absolute atomic E-state index is 11.5. The standard InChI is InChI=1S/C11H11NO3/c1-14-7-5-9(11(13)15-2)8-3-4-12-10(8)6-7/h3-6,12H,1-2H3. The third-order valence-electron chi connectivity index (χ3n) is 2.28. The number of H-pyrrole nitrogens is 1. The molecule has 0 atom stereocenters. The molecule has 0 aliphatic heterocycles. The van der Waals surface area contributed by atoms with Crippen LogP contribution in [0.5, 0.6) is 5.75 Å². The van der Waals surface area contributed by atoms with Gasteiger partial charge in [0.05, 0.1) is 19.8 Å². The molecule has 4 nitrogen and oxygen atoms in total. The zero-order valence-corrected chi connectivity index (χ0v) is 8.53. The number of rotatable bonds is 2. The Morgan fingerprint density at radius 1 is 1.33 bits per heavy atom. The summed E-state index contributed by atoms with van der Waals surface area (Å²) < 4.78 is 9.80. The van der Waals surface area contributed by atoms with Gasteiger partial charge in [-0.15, -0.1) is 0 Å². The summed E-state index contributed by atoms with van der Waals surface area (Å²) in [5, 5.41) is 0.836. The second-order valence-corrected chi connectivity index (χ2v) is 3.11. The molecule has 0 fully saturated rings. The highest BCUT2D eigenvalue weighted by atomic mass is 16.5. The molecule has 0 spiro atoms. The summed E-state index contributed by atoms with van der Waals surface area (Å²) in [5.41, 5.74) is 1.36. The molecule has 15 heavy (non-hydrogen) atoms. The highest BCUT2D eigenvalue weighted by Gasteiger charge is 2.12. The quantitative estimate of drug-likeness (QED) is 0.762. The maximum Gasteiger partial charge on any atom is 0.338 e. The minimum absolute atomic E-state index is 0.363. The summed E-state index contributed by atoms with van der Waals surface area (Å²) in [4.78, 5) is 14.5. The Kier molecular flexibility index (Phi) is 2.33. The Balaban J connectivity index is 2.68. The van der Waals surface area contributed by atoms with Gasteiger partial charge in [0.25, 0.3) is 0 Å². The summed E-state index contributed by atoms with van der Waals surface area (Å²) in [6.07, 6.45) is 1.77. The zero-order chi connectivity index (χ0) is 10.8. The van der Waals surface area contributed by atoms with Gasteiger partial charge in [0.2, 0.25) is 0 Å². The van der Waals surface area contributed by atoms with Crippen LogP contribution in [0.15, 0.2) is 24.4 Å². The van der Waals surface area contributed by atoms with Gasteiger partial charge in [-0.05, 0) is 12.1 Å². The van der Waals surface area contributed by atoms with E-state index in [-0.39, 0.29) is 5.97 Å². The van der Waals surface area contributed by atoms with Gasteiger partial charge in [-0.2, -0.15) is 0 Å². The lowest BCUT2D eigenvalue weighted by Gasteiger charge is -2.04. The number of nitrogens with one attached hydrogen (secondary N) is 1. The minimum atomic E-state index is -0.363. The van der Waals surface area contributed by atoms with Crippen LogP contribution in [0.1, 0.15) is 10.4 Å². The second-order valence-electron chi connectivity index (χ2n) is 3.11. The fraction of sp³-hybridized carbons (Fsp3) is 0.182. The van der Waals surface area contributed by atoms with Crippen molar-refractivity contribution in [1.29, 1.82) is 0 Å². The molecule has 0 saturated carbocycles. The molecule has 0 bridgehead atoms. The Morgan fingerprint density at radius 3 is 2.80 bits per heavy atom. The van der Waals surface area contributed by atoms with Crippen molar-refractivity contribution in [1.82, 2.24) is 4.98 Å². The number of hydrogen-bond donors (Lipinski definition) is 1. The number of carbonyl (C=O) groups is 1. The molecule has 0 amide bonds. The van der Waals surface area contributed by atoms with Crippen molar-refractivity contribution in [2.24, 2.45) is 0 Å². The number of carbonyl (C=O) groups excluding carboxylic acids is 1. The van der Waals surface area contributed by atoms with E-state index in [9.17, 15) is 4.79 Å². The Bertz CT molecular complexity index is 502. The van der Waals surface area contributed by atoms with Gasteiger partial charge >= 0.3 is 5.97 Å². The first-order chi connectivity index (χ1) is 7.26. The number of ether oxygens (including phenoxy) is 2. The predicted octanol–water partition coefficient (Wildman–Crippen LogP) is 1.96. The molecule has 1 aromatic heterocycles. The number of esters is 1. The molecule has 4 heteroatoms. The van der Waals surface area contributed by atoms with Crippen molar-refractivity contribution >= 4 is 16.9 Å². The Hall–Kier alpha value is -1.97. The zero-order valence-electron chi connectivity index (χ0n) is 8.53. The largest absolute Gasteiger partial charge is 0.497 e. The summed E-state index contributed by atoms with van der Waals surface area (Å²) in [6, 6.07) is 5.34. The number of benzene rings is 1. The van der Waals surface area contributed by atoms with Crippen LogP contribution in [-0.4, -0.2) is 25.2 Å². The summed E-state index contributed by atoms with van der Waals surface area (Å²) in [7, 11) is 2.92. The van der Waals surface area contributed by atoms with Crippen LogP contribution >= 0.6 is 0 Å². The first kappa shape index (κ1) is 9.58. The van der Waals surface area contributed by atoms with E-state index in [2.05, 4.69) is 4.98 Å². The van der Waals surface area contributed by atoms with E-state index in [1.807, 2.05) is 12.1 Å². The molecule has 0 unspecified atom stereocenters. The van der Waals surface area contributed by atoms with Gasteiger partial charge in [0.15, 0.2) is 0 Å². The topological polar surface area (TPSA) is 51.3 Å². The molecular weight excluding hydrogens is 194 g/mol. The minimum Gasteiger partial charge on any atom is -0.497 e. The SMILES string of the molecule is COC(=O)c1cc(OC)cc2[nH]ccc12. The number of aromatic nitrogens is 1. The van der Waals surface area contributed by atoms with Crippen molar-refractivity contribution in [3.05, 3.63) is 30.0 Å². The van der Waals surface area contributed by atoms with E-state index in [4.69, 9.17) is 9.47 Å². The van der Waals surface area contributed by atoms with Gasteiger partial charge in [0, 0.05) is 23.2 Å². The van der Waals surface area contributed by atoms with Gasteiger partial charge < -0.3 is 14.5 Å². The average Bonchev–Trinajstić information content (AvgIpc) is 2.74. The summed E-state index contributed by atoms with van der Waals surface area (Å²) in [5.74, 6) is 0.267. The van der Waals surface area contributed by atoms with Crippen LogP contribution in [0.3, 0.4) is 0 Å². The van der Waals surface area contributed by atoms with Gasteiger partial charge in [-0.25, -0.2) is 4.79 Å². The van der Waals surface area contributed by atoms with Crippen LogP contribution in [0.25, 0.3) is 10.9 Å². The van der Waals surface area contributed by atoms with Crippen LogP contribution in [0.4, 0.5) is 0 Å². The highest BCUT2D eigenvalue weighted by molar-refractivity contribution is 6.04. The number of hydrogen-bond acceptors (Lipinski definition) is 3. The Labute approximate surface area is 86.8 Å². The van der Waals surface area contributed by atoms with Crippen LogP contribution < -0.4 is 4.74 Å². The predicted molar refractivity (Wildman–Crippen MR) is 56.2 cm³/mol. The lowest BCUT2D eigenvalue weighted by atomic mass is 10.1. The number of aromatic amines is 1. The molecule has 2 aromatic rings. The fourth-order valence-corrected chi connectivity index (χ4v) is 1.54. The third kappa shape index (κ3) is 1.54. The molecule has 0 radical (unpaired) electrons. The van der Waals surface area contributed by atoms with Crippen molar-refractivity contribution < 1.29 is 14.3 Å². The monoisotopic (exact) mass is 205 g/mol. The molecule has 0 aliphatic rings. The number of fused-ring (bicyclic) bond motifs is 1. The highest BCUT2D eigenvalue weighted by Crippen LogP contribution is 2.24. The molecule has 2 rings (SSSR count). The first-order valence-electron chi connectivity index (χ1n) is 4.49. The summed E-state index contributed by atoms with van der Waals surface area (Å²) >= 11 is 0. The first-order valence-corrected chi connectivity index (χ1v) is 4.49. The van der Waals surface area contributed by atoms with Crippen molar-refractivity contribution in [3.63, 3.8) is 0 Å². The van der Waals surface area contributed by atoms with Gasteiger partial charge in [-0.1, -0.05) is 0 Å². The number of methoxy groups -OCH3 is 2. The fourth-order valence-electron chi connectivity index (χ4n) is 1.54. The van der Waals surface area contributed by atoms with Crippen molar-refractivity contribution in [2.75, 3.05) is 14.2 Å². The van der Waals surface area contributed by atoms with Crippen LogP contribution in [0, 0.1) is 0 Å². The van der Waals surface area contributed by atoms with Crippen LogP contribution in [-0.2, 0) is 4.74 Å². The van der Waals surface area contributed by atoms with E-state index in [0.29, 0.717) is 11.3 Å². The molecule has 1 aromatic carbocycles. The third-order valence-corrected chi connectivity index (χ3v) is 2.28. The molecule has 0 saturated heterocycles. The maximum atomic E-state index is 11.5. The second kappa shape index (κ2) is 3.65. The van der Waals surface area contributed by atoms with Crippen molar-refractivity contribution in [3.8, 4) is 5.75 Å². The van der Waals surface area contributed by atoms with Gasteiger partial charge in [-0.3, -0.25) is 0 Å². The molecule has 1 heterocycles. The van der Waals surface area contributed by atoms with E-state index in [1.54, 1.807) is 19.4 Å². The molecule has 1 N–H and O–H groups in total. The van der Waals surface area contributed by atoms with E-state index in [1.165, 1.54) is 7.11 Å². The lowest BCUT2D eigenvalue weighted by Crippen LogP contribution is -2.02. The summed E-state index contributed by atoms with van der Waals surface area (Å²) in [6.45, 7) is 0. The molecule has 0 aliphatic carbocycles. The van der Waals surface area contributed by atoms with E-state index < -0.39 is 0 Å². The van der Waals surface area contributed by atoms with Crippen molar-refractivity contribution in [2.45, 2.75) is 0 Å². The molecule has 78 valence electrons. The Morgan fingerprint density at radius 2 is 2.13 bits per heavy atom. The van der Waals surface area contributed by atoms with Gasteiger partial charge in [0.1, 0.15) is 5.75 Å². The van der Waals surface area contributed by atoms with E-state index >= 15 is 0 Å². The average molecular weight is 205 g/mol.